The van der Waals surface area contributed by atoms with Crippen molar-refractivity contribution in [2.45, 2.75) is 26.2 Å². The Balaban J connectivity index is 2.53. The highest BCUT2D eigenvalue weighted by Gasteiger charge is 2.06. The molecule has 0 aliphatic rings. The molecule has 0 bridgehead atoms. The summed E-state index contributed by atoms with van der Waals surface area (Å²) in [5.74, 6) is 0.640. The summed E-state index contributed by atoms with van der Waals surface area (Å²) in [6.07, 6.45) is 3.56. The van der Waals surface area contributed by atoms with Gasteiger partial charge in [-0.15, -0.1) is 0 Å². The van der Waals surface area contributed by atoms with Gasteiger partial charge in [0.15, 0.2) is 0 Å². The van der Waals surface area contributed by atoms with E-state index >= 15 is 0 Å². The van der Waals surface area contributed by atoms with Crippen LogP contribution in [-0.4, -0.2) is 6.54 Å². The summed E-state index contributed by atoms with van der Waals surface area (Å²) in [6.45, 7) is 3.01. The lowest BCUT2D eigenvalue weighted by Gasteiger charge is -2.13. The van der Waals surface area contributed by atoms with Crippen molar-refractivity contribution in [3.63, 3.8) is 0 Å². The van der Waals surface area contributed by atoms with Crippen molar-refractivity contribution in [2.75, 3.05) is 6.54 Å². The third-order valence-corrected chi connectivity index (χ3v) is 3.00. The number of hydrogen-bond donors (Lipinski definition) is 1. The number of nitrogens with two attached hydrogens (primary N) is 1. The van der Waals surface area contributed by atoms with Gasteiger partial charge in [-0.05, 0) is 43.0 Å². The maximum atomic E-state index is 5.73. The molecular formula is C12H18BrN. The SMILES string of the molecule is CCCC(CN)Cc1ccc(Br)cc1. The molecule has 0 amide bonds. The van der Waals surface area contributed by atoms with Gasteiger partial charge in [-0.2, -0.15) is 0 Å². The van der Waals surface area contributed by atoms with Gasteiger partial charge < -0.3 is 5.73 Å². The standard InChI is InChI=1S/C12H18BrN/c1-2-3-11(9-14)8-10-4-6-12(13)7-5-10/h4-7,11H,2-3,8-9,14H2,1H3. The third kappa shape index (κ3) is 3.81. The minimum absolute atomic E-state index is 0.640. The minimum atomic E-state index is 0.640. The smallest absolute Gasteiger partial charge is 0.0175 e. The predicted octanol–water partition coefficient (Wildman–Crippen LogP) is 3.37. The zero-order valence-corrected chi connectivity index (χ0v) is 10.3. The average molecular weight is 256 g/mol. The van der Waals surface area contributed by atoms with Crippen molar-refractivity contribution >= 4 is 15.9 Å². The van der Waals surface area contributed by atoms with Gasteiger partial charge in [0.05, 0.1) is 0 Å². The van der Waals surface area contributed by atoms with Crippen LogP contribution in [0.2, 0.25) is 0 Å². The van der Waals surface area contributed by atoms with E-state index in [0.717, 1.165) is 17.4 Å². The van der Waals surface area contributed by atoms with Crippen molar-refractivity contribution < 1.29 is 0 Å². The first-order valence-electron chi connectivity index (χ1n) is 5.20. The fourth-order valence-corrected chi connectivity index (χ4v) is 1.93. The van der Waals surface area contributed by atoms with Crippen LogP contribution in [0.15, 0.2) is 28.7 Å². The molecule has 1 atom stereocenters. The second-order valence-corrected chi connectivity index (χ2v) is 4.64. The van der Waals surface area contributed by atoms with E-state index in [9.17, 15) is 0 Å². The van der Waals surface area contributed by atoms with Crippen molar-refractivity contribution in [3.8, 4) is 0 Å². The molecule has 0 aliphatic heterocycles. The first-order valence-corrected chi connectivity index (χ1v) is 6.00. The van der Waals surface area contributed by atoms with Gasteiger partial charge >= 0.3 is 0 Å². The van der Waals surface area contributed by atoms with E-state index in [4.69, 9.17) is 5.73 Å². The van der Waals surface area contributed by atoms with Crippen molar-refractivity contribution in [3.05, 3.63) is 34.3 Å². The van der Waals surface area contributed by atoms with E-state index < -0.39 is 0 Å². The summed E-state index contributed by atoms with van der Waals surface area (Å²) >= 11 is 3.43. The summed E-state index contributed by atoms with van der Waals surface area (Å²) in [5.41, 5.74) is 7.11. The normalized spacial score (nSPS) is 12.8. The lowest BCUT2D eigenvalue weighted by molar-refractivity contribution is 0.487. The van der Waals surface area contributed by atoms with Crippen molar-refractivity contribution in [1.29, 1.82) is 0 Å². The van der Waals surface area contributed by atoms with E-state index in [-0.39, 0.29) is 0 Å². The van der Waals surface area contributed by atoms with Crippen LogP contribution in [0.5, 0.6) is 0 Å². The summed E-state index contributed by atoms with van der Waals surface area (Å²) < 4.78 is 1.14. The molecule has 0 saturated heterocycles. The molecule has 1 nitrogen and oxygen atoms in total. The highest BCUT2D eigenvalue weighted by Crippen LogP contribution is 2.16. The molecule has 0 aromatic heterocycles. The third-order valence-electron chi connectivity index (χ3n) is 2.47. The molecule has 1 aromatic carbocycles. The summed E-state index contributed by atoms with van der Waals surface area (Å²) in [5, 5.41) is 0. The zero-order chi connectivity index (χ0) is 10.4. The largest absolute Gasteiger partial charge is 0.330 e. The lowest BCUT2D eigenvalue weighted by Crippen LogP contribution is -2.16. The molecule has 2 N–H and O–H groups in total. The quantitative estimate of drug-likeness (QED) is 0.858. The number of halogens is 1. The Hall–Kier alpha value is -0.340. The molecule has 0 saturated carbocycles. The second kappa shape index (κ2) is 6.20. The van der Waals surface area contributed by atoms with Crippen LogP contribution >= 0.6 is 15.9 Å². The van der Waals surface area contributed by atoms with Gasteiger partial charge in [0.25, 0.3) is 0 Å². The van der Waals surface area contributed by atoms with E-state index in [1.54, 1.807) is 0 Å². The Morgan fingerprint density at radius 2 is 1.93 bits per heavy atom. The summed E-state index contributed by atoms with van der Waals surface area (Å²) in [7, 11) is 0. The fraction of sp³-hybridized carbons (Fsp3) is 0.500. The van der Waals surface area contributed by atoms with Crippen LogP contribution in [-0.2, 0) is 6.42 Å². The molecule has 0 heterocycles. The highest BCUT2D eigenvalue weighted by molar-refractivity contribution is 9.10. The Bertz CT molecular complexity index is 256. The van der Waals surface area contributed by atoms with E-state index in [2.05, 4.69) is 47.1 Å². The number of benzene rings is 1. The average Bonchev–Trinajstić information content (AvgIpc) is 2.20. The molecule has 14 heavy (non-hydrogen) atoms. The van der Waals surface area contributed by atoms with Gasteiger partial charge in [0, 0.05) is 4.47 Å². The molecular weight excluding hydrogens is 238 g/mol. The number of hydrogen-bond acceptors (Lipinski definition) is 1. The molecule has 0 fully saturated rings. The molecule has 0 aliphatic carbocycles. The van der Waals surface area contributed by atoms with Gasteiger partial charge in [0.2, 0.25) is 0 Å². The van der Waals surface area contributed by atoms with Crippen LogP contribution in [0.3, 0.4) is 0 Å². The van der Waals surface area contributed by atoms with Crippen LogP contribution in [0.4, 0.5) is 0 Å². The Morgan fingerprint density at radius 1 is 1.29 bits per heavy atom. The molecule has 78 valence electrons. The predicted molar refractivity (Wildman–Crippen MR) is 65.3 cm³/mol. The highest BCUT2D eigenvalue weighted by atomic mass is 79.9. The van der Waals surface area contributed by atoms with Crippen LogP contribution in [0.25, 0.3) is 0 Å². The first kappa shape index (κ1) is 11.7. The van der Waals surface area contributed by atoms with Crippen LogP contribution in [0.1, 0.15) is 25.3 Å². The van der Waals surface area contributed by atoms with Crippen LogP contribution < -0.4 is 5.73 Å². The molecule has 2 heteroatoms. The Kier molecular flexibility index (Phi) is 5.20. The number of rotatable bonds is 5. The zero-order valence-electron chi connectivity index (χ0n) is 8.67. The molecule has 1 rings (SSSR count). The van der Waals surface area contributed by atoms with Gasteiger partial charge in [-0.25, -0.2) is 0 Å². The van der Waals surface area contributed by atoms with Crippen molar-refractivity contribution in [1.82, 2.24) is 0 Å². The maximum Gasteiger partial charge on any atom is 0.0175 e. The first-order chi connectivity index (χ1) is 6.76. The Labute approximate surface area is 94.8 Å². The van der Waals surface area contributed by atoms with Crippen LogP contribution in [0, 0.1) is 5.92 Å². The minimum Gasteiger partial charge on any atom is -0.330 e. The molecule has 0 spiro atoms. The summed E-state index contributed by atoms with van der Waals surface area (Å²) in [4.78, 5) is 0. The molecule has 0 radical (unpaired) electrons. The lowest BCUT2D eigenvalue weighted by atomic mass is 9.95. The van der Waals surface area contributed by atoms with Gasteiger partial charge in [-0.3, -0.25) is 0 Å². The Morgan fingerprint density at radius 3 is 2.43 bits per heavy atom. The van der Waals surface area contributed by atoms with Crippen molar-refractivity contribution in [2.24, 2.45) is 11.7 Å². The van der Waals surface area contributed by atoms with E-state index in [1.807, 2.05) is 0 Å². The second-order valence-electron chi connectivity index (χ2n) is 3.72. The maximum absolute atomic E-state index is 5.73. The topological polar surface area (TPSA) is 26.0 Å². The molecule has 1 unspecified atom stereocenters. The molecule has 1 aromatic rings. The van der Waals surface area contributed by atoms with Gasteiger partial charge in [-0.1, -0.05) is 41.4 Å². The fourth-order valence-electron chi connectivity index (χ4n) is 1.67. The van der Waals surface area contributed by atoms with Gasteiger partial charge in [0.1, 0.15) is 0 Å². The summed E-state index contributed by atoms with van der Waals surface area (Å²) in [6, 6.07) is 8.52. The van der Waals surface area contributed by atoms with E-state index in [0.29, 0.717) is 5.92 Å². The van der Waals surface area contributed by atoms with E-state index in [1.165, 1.54) is 18.4 Å². The monoisotopic (exact) mass is 255 g/mol.